The third-order valence-electron chi connectivity index (χ3n) is 4.17. The van der Waals surface area contributed by atoms with Crippen LogP contribution >= 0.6 is 0 Å². The van der Waals surface area contributed by atoms with Crippen LogP contribution in [0, 0.1) is 0 Å². The van der Waals surface area contributed by atoms with Gasteiger partial charge in [0.1, 0.15) is 0 Å². The van der Waals surface area contributed by atoms with Crippen molar-refractivity contribution in [2.24, 2.45) is 0 Å². The third kappa shape index (κ3) is 2.72. The second-order valence-electron chi connectivity index (χ2n) is 5.63. The second kappa shape index (κ2) is 5.59. The molecule has 0 unspecified atom stereocenters. The number of likely N-dealkylation sites (tertiary alicyclic amines) is 1. The van der Waals surface area contributed by atoms with Crippen LogP contribution < -0.4 is 5.32 Å². The number of hydrogen-bond donors (Lipinski definition) is 1. The Morgan fingerprint density at radius 3 is 2.90 bits per heavy atom. The molecular weight excluding hydrogens is 270 g/mol. The van der Waals surface area contributed by atoms with Gasteiger partial charge in [0.05, 0.1) is 12.8 Å². The fourth-order valence-corrected chi connectivity index (χ4v) is 2.97. The average molecular weight is 289 g/mol. The average Bonchev–Trinajstić information content (AvgIpc) is 3.14. The molecule has 2 aromatic heterocycles. The SMILES string of the molecule is c1coc(-c2nc(CN3CC(N4CCNCC4)C3)no2)c1. The van der Waals surface area contributed by atoms with Gasteiger partial charge < -0.3 is 14.3 Å². The maximum atomic E-state index is 5.25. The Kier molecular flexibility index (Phi) is 3.46. The van der Waals surface area contributed by atoms with Gasteiger partial charge in [-0.05, 0) is 12.1 Å². The predicted molar refractivity (Wildman–Crippen MR) is 75.5 cm³/mol. The molecule has 112 valence electrons. The van der Waals surface area contributed by atoms with Crippen LogP contribution in [-0.4, -0.2) is 65.3 Å². The lowest BCUT2D eigenvalue weighted by Gasteiger charge is -2.46. The molecule has 0 saturated carbocycles. The van der Waals surface area contributed by atoms with E-state index in [1.165, 1.54) is 0 Å². The van der Waals surface area contributed by atoms with E-state index in [9.17, 15) is 0 Å². The van der Waals surface area contributed by atoms with Crippen molar-refractivity contribution in [1.29, 1.82) is 0 Å². The molecule has 0 aliphatic carbocycles. The van der Waals surface area contributed by atoms with Crippen LogP contribution in [0.5, 0.6) is 0 Å². The first kappa shape index (κ1) is 13.0. The van der Waals surface area contributed by atoms with Crippen molar-refractivity contribution in [3.05, 3.63) is 24.2 Å². The Morgan fingerprint density at radius 1 is 1.29 bits per heavy atom. The summed E-state index contributed by atoms with van der Waals surface area (Å²) in [6.07, 6.45) is 1.60. The van der Waals surface area contributed by atoms with Crippen molar-refractivity contribution in [2.45, 2.75) is 12.6 Å². The number of furan rings is 1. The standard InChI is InChI=1S/C14H19N5O2/c1-2-12(20-7-1)14-16-13(17-21-14)10-18-8-11(9-18)19-5-3-15-4-6-19/h1-2,7,11,15H,3-6,8-10H2. The highest BCUT2D eigenvalue weighted by Gasteiger charge is 2.32. The van der Waals surface area contributed by atoms with Crippen molar-refractivity contribution in [3.63, 3.8) is 0 Å². The molecule has 2 aliphatic heterocycles. The van der Waals surface area contributed by atoms with Gasteiger partial charge in [-0.25, -0.2) is 0 Å². The van der Waals surface area contributed by atoms with Crippen LogP contribution in [0.2, 0.25) is 0 Å². The number of nitrogens with one attached hydrogen (secondary N) is 1. The smallest absolute Gasteiger partial charge is 0.293 e. The highest BCUT2D eigenvalue weighted by Crippen LogP contribution is 2.20. The maximum Gasteiger partial charge on any atom is 0.293 e. The molecule has 7 heteroatoms. The molecule has 2 aromatic rings. The van der Waals surface area contributed by atoms with Crippen LogP contribution in [-0.2, 0) is 6.54 Å². The number of rotatable bonds is 4. The zero-order valence-electron chi connectivity index (χ0n) is 11.9. The lowest BCUT2D eigenvalue weighted by molar-refractivity contribution is 0.0204. The van der Waals surface area contributed by atoms with Crippen molar-refractivity contribution in [2.75, 3.05) is 39.3 Å². The van der Waals surface area contributed by atoms with Crippen LogP contribution in [0.3, 0.4) is 0 Å². The molecule has 0 radical (unpaired) electrons. The van der Waals surface area contributed by atoms with Crippen LogP contribution in [0.1, 0.15) is 5.82 Å². The summed E-state index contributed by atoms with van der Waals surface area (Å²) in [5.74, 6) is 1.80. The number of piperazine rings is 1. The fourth-order valence-electron chi connectivity index (χ4n) is 2.97. The van der Waals surface area contributed by atoms with E-state index >= 15 is 0 Å². The molecular formula is C14H19N5O2. The van der Waals surface area contributed by atoms with Gasteiger partial charge in [0.2, 0.25) is 0 Å². The molecule has 2 aliphatic rings. The van der Waals surface area contributed by atoms with Gasteiger partial charge in [-0.1, -0.05) is 5.16 Å². The van der Waals surface area contributed by atoms with E-state index in [1.807, 2.05) is 12.1 Å². The fraction of sp³-hybridized carbons (Fsp3) is 0.571. The summed E-state index contributed by atoms with van der Waals surface area (Å²) in [5.41, 5.74) is 0. The summed E-state index contributed by atoms with van der Waals surface area (Å²) < 4.78 is 10.5. The largest absolute Gasteiger partial charge is 0.459 e. The normalized spacial score (nSPS) is 21.5. The van der Waals surface area contributed by atoms with Crippen molar-refractivity contribution >= 4 is 0 Å². The molecule has 1 N–H and O–H groups in total. The van der Waals surface area contributed by atoms with Gasteiger partial charge in [-0.15, -0.1) is 0 Å². The Morgan fingerprint density at radius 2 is 2.14 bits per heavy atom. The predicted octanol–water partition coefficient (Wildman–Crippen LogP) is 0.419. The molecule has 0 atom stereocenters. The van der Waals surface area contributed by atoms with E-state index < -0.39 is 0 Å². The van der Waals surface area contributed by atoms with E-state index in [0.717, 1.165) is 51.6 Å². The third-order valence-corrected chi connectivity index (χ3v) is 4.17. The molecule has 4 rings (SSSR count). The molecule has 0 amide bonds. The molecule has 0 spiro atoms. The summed E-state index contributed by atoms with van der Waals surface area (Å²) in [5, 5.41) is 7.41. The van der Waals surface area contributed by atoms with Crippen molar-refractivity contribution in [1.82, 2.24) is 25.3 Å². The van der Waals surface area contributed by atoms with Crippen molar-refractivity contribution < 1.29 is 8.94 Å². The van der Waals surface area contributed by atoms with Gasteiger partial charge >= 0.3 is 0 Å². The topological polar surface area (TPSA) is 70.6 Å². The maximum absolute atomic E-state index is 5.25. The zero-order valence-corrected chi connectivity index (χ0v) is 11.9. The van der Waals surface area contributed by atoms with E-state index in [-0.39, 0.29) is 0 Å². The van der Waals surface area contributed by atoms with Gasteiger partial charge in [0.25, 0.3) is 5.89 Å². The summed E-state index contributed by atoms with van der Waals surface area (Å²) in [6, 6.07) is 4.32. The van der Waals surface area contributed by atoms with E-state index in [1.54, 1.807) is 6.26 Å². The van der Waals surface area contributed by atoms with Crippen LogP contribution in [0.25, 0.3) is 11.7 Å². The molecule has 2 saturated heterocycles. The highest BCUT2D eigenvalue weighted by molar-refractivity contribution is 5.42. The Bertz CT molecular complexity index is 570. The lowest BCUT2D eigenvalue weighted by Crippen LogP contribution is -2.62. The number of nitrogens with zero attached hydrogens (tertiary/aromatic N) is 4. The summed E-state index contributed by atoms with van der Waals surface area (Å²) in [6.45, 7) is 7.44. The van der Waals surface area contributed by atoms with Gasteiger partial charge in [-0.3, -0.25) is 9.80 Å². The first-order valence-corrected chi connectivity index (χ1v) is 7.42. The Hall–Kier alpha value is -1.70. The van der Waals surface area contributed by atoms with E-state index in [0.29, 0.717) is 17.7 Å². The molecule has 4 heterocycles. The Balaban J connectivity index is 1.30. The molecule has 0 bridgehead atoms. The van der Waals surface area contributed by atoms with Gasteiger partial charge in [0.15, 0.2) is 11.6 Å². The molecule has 21 heavy (non-hydrogen) atoms. The van der Waals surface area contributed by atoms with Gasteiger partial charge in [0, 0.05) is 45.3 Å². The van der Waals surface area contributed by atoms with Crippen LogP contribution in [0.15, 0.2) is 27.3 Å². The van der Waals surface area contributed by atoms with Gasteiger partial charge in [-0.2, -0.15) is 4.98 Å². The minimum atomic E-state index is 0.453. The minimum Gasteiger partial charge on any atom is -0.459 e. The van der Waals surface area contributed by atoms with E-state index in [4.69, 9.17) is 8.94 Å². The van der Waals surface area contributed by atoms with Crippen molar-refractivity contribution in [3.8, 4) is 11.7 Å². The van der Waals surface area contributed by atoms with E-state index in [2.05, 4.69) is 25.3 Å². The number of aromatic nitrogens is 2. The summed E-state index contributed by atoms with van der Waals surface area (Å²) in [7, 11) is 0. The number of hydrogen-bond acceptors (Lipinski definition) is 7. The summed E-state index contributed by atoms with van der Waals surface area (Å²) in [4.78, 5) is 9.29. The monoisotopic (exact) mass is 289 g/mol. The van der Waals surface area contributed by atoms with Crippen LogP contribution in [0.4, 0.5) is 0 Å². The first-order chi connectivity index (χ1) is 10.4. The quantitative estimate of drug-likeness (QED) is 0.874. The highest BCUT2D eigenvalue weighted by atomic mass is 16.5. The zero-order chi connectivity index (χ0) is 14.1. The molecule has 2 fully saturated rings. The molecule has 7 nitrogen and oxygen atoms in total. The minimum absolute atomic E-state index is 0.453. The first-order valence-electron chi connectivity index (χ1n) is 7.42. The lowest BCUT2D eigenvalue weighted by atomic mass is 10.1. The summed E-state index contributed by atoms with van der Waals surface area (Å²) >= 11 is 0. The molecule has 0 aromatic carbocycles. The second-order valence-corrected chi connectivity index (χ2v) is 5.63. The Labute approximate surface area is 122 Å².